The van der Waals surface area contributed by atoms with Crippen molar-refractivity contribution in [2.24, 2.45) is 0 Å². The molecule has 1 saturated heterocycles. The average Bonchev–Trinajstić information content (AvgIpc) is 2.40. The van der Waals surface area contributed by atoms with Crippen LogP contribution in [0.4, 0.5) is 8.78 Å². The van der Waals surface area contributed by atoms with E-state index in [1.165, 1.54) is 0 Å². The van der Waals surface area contributed by atoms with E-state index in [2.05, 4.69) is 25.8 Å². The molecule has 2 rings (SSSR count). The Labute approximate surface area is 129 Å². The minimum atomic E-state index is -2.89. The number of carboxylic acids is 1. The van der Waals surface area contributed by atoms with Crippen LogP contribution >= 0.6 is 0 Å². The lowest BCUT2D eigenvalue weighted by Crippen LogP contribution is -2.50. The van der Waals surface area contributed by atoms with Crippen LogP contribution in [0.5, 0.6) is 0 Å². The Morgan fingerprint density at radius 2 is 2.14 bits per heavy atom. The maximum atomic E-state index is 13.4. The van der Waals surface area contributed by atoms with E-state index in [-0.39, 0.29) is 18.4 Å². The summed E-state index contributed by atoms with van der Waals surface area (Å²) in [7, 11) is 0. The molecule has 0 amide bonds. The molecule has 0 spiro atoms. The number of piperidine rings is 1. The highest BCUT2D eigenvalue weighted by atomic mass is 19.3. The highest BCUT2D eigenvalue weighted by molar-refractivity contribution is 5.73. The highest BCUT2D eigenvalue weighted by Crippen LogP contribution is 2.32. The van der Waals surface area contributed by atoms with Gasteiger partial charge >= 0.3 is 5.97 Å². The molecular formula is C16H22F2N2O2. The standard InChI is InChI=1S/C16H22F2N2O2/c1-15(2,3)13-5-4-11(9-19-13)10-20-7-6-16(17,18)8-12(20)14(21)22/h4-5,9,12H,6-8,10H2,1-3H3,(H,21,22). The fourth-order valence-corrected chi connectivity index (χ4v) is 2.61. The van der Waals surface area contributed by atoms with Gasteiger partial charge in [0.25, 0.3) is 5.92 Å². The largest absolute Gasteiger partial charge is 0.480 e. The number of halogens is 2. The molecule has 1 fully saturated rings. The summed E-state index contributed by atoms with van der Waals surface area (Å²) in [5.41, 5.74) is 1.72. The third kappa shape index (κ3) is 4.00. The third-order valence-corrected chi connectivity index (χ3v) is 3.96. The van der Waals surface area contributed by atoms with E-state index in [9.17, 15) is 18.7 Å². The minimum Gasteiger partial charge on any atom is -0.480 e. The lowest BCUT2D eigenvalue weighted by atomic mass is 9.91. The predicted octanol–water partition coefficient (Wildman–Crippen LogP) is 3.06. The van der Waals surface area contributed by atoms with Gasteiger partial charge in [0.1, 0.15) is 6.04 Å². The number of hydrogen-bond donors (Lipinski definition) is 1. The van der Waals surface area contributed by atoms with Crippen molar-refractivity contribution >= 4 is 5.97 Å². The lowest BCUT2D eigenvalue weighted by Gasteiger charge is -2.36. The Kier molecular flexibility index (Phi) is 4.52. The van der Waals surface area contributed by atoms with Crippen LogP contribution in [0.3, 0.4) is 0 Å². The van der Waals surface area contributed by atoms with E-state index < -0.39 is 24.4 Å². The maximum absolute atomic E-state index is 13.4. The number of carboxylic acid groups (broad SMARTS) is 1. The molecule has 122 valence electrons. The molecule has 0 radical (unpaired) electrons. The second kappa shape index (κ2) is 5.91. The van der Waals surface area contributed by atoms with Crippen LogP contribution in [-0.2, 0) is 16.8 Å². The molecule has 2 heterocycles. The Morgan fingerprint density at radius 3 is 2.64 bits per heavy atom. The van der Waals surface area contributed by atoms with Gasteiger partial charge in [-0.15, -0.1) is 0 Å². The van der Waals surface area contributed by atoms with Crippen molar-refractivity contribution < 1.29 is 18.7 Å². The maximum Gasteiger partial charge on any atom is 0.321 e. The molecule has 0 aromatic carbocycles. The van der Waals surface area contributed by atoms with Gasteiger partial charge in [0, 0.05) is 43.2 Å². The van der Waals surface area contributed by atoms with Gasteiger partial charge in [-0.1, -0.05) is 26.8 Å². The van der Waals surface area contributed by atoms with E-state index in [1.54, 1.807) is 11.1 Å². The minimum absolute atomic E-state index is 0.0602. The van der Waals surface area contributed by atoms with Gasteiger partial charge in [0.15, 0.2) is 0 Å². The second-order valence-electron chi connectivity index (χ2n) is 6.94. The first-order valence-corrected chi connectivity index (χ1v) is 7.39. The molecule has 1 N–H and O–H groups in total. The first kappa shape index (κ1) is 16.8. The van der Waals surface area contributed by atoms with Crippen molar-refractivity contribution in [2.75, 3.05) is 6.54 Å². The molecule has 22 heavy (non-hydrogen) atoms. The topological polar surface area (TPSA) is 53.4 Å². The number of pyridine rings is 1. The molecule has 0 bridgehead atoms. The summed E-state index contributed by atoms with van der Waals surface area (Å²) in [5, 5.41) is 9.18. The highest BCUT2D eigenvalue weighted by Gasteiger charge is 2.43. The van der Waals surface area contributed by atoms with Crippen molar-refractivity contribution in [1.29, 1.82) is 0 Å². The lowest BCUT2D eigenvalue weighted by molar-refractivity contribution is -0.154. The molecule has 0 aliphatic carbocycles. The summed E-state index contributed by atoms with van der Waals surface area (Å²) in [6, 6.07) is 2.65. The van der Waals surface area contributed by atoms with Crippen LogP contribution in [0.25, 0.3) is 0 Å². The number of hydrogen-bond acceptors (Lipinski definition) is 3. The second-order valence-corrected chi connectivity index (χ2v) is 6.94. The monoisotopic (exact) mass is 312 g/mol. The first-order valence-electron chi connectivity index (χ1n) is 7.39. The zero-order valence-corrected chi connectivity index (χ0v) is 13.1. The normalized spacial score (nSPS) is 22.5. The summed E-state index contributed by atoms with van der Waals surface area (Å²) in [6.07, 6.45) is 0.770. The van der Waals surface area contributed by atoms with Gasteiger partial charge in [-0.05, 0) is 11.6 Å². The quantitative estimate of drug-likeness (QED) is 0.932. The Hall–Kier alpha value is -1.56. The van der Waals surface area contributed by atoms with Crippen molar-refractivity contribution in [2.45, 2.75) is 57.5 Å². The molecule has 1 aliphatic rings. The van der Waals surface area contributed by atoms with Gasteiger partial charge in [-0.3, -0.25) is 14.7 Å². The Balaban J connectivity index is 2.10. The summed E-state index contributed by atoms with van der Waals surface area (Å²) in [5.74, 6) is -4.09. The number of likely N-dealkylation sites (tertiary alicyclic amines) is 1. The fraction of sp³-hybridized carbons (Fsp3) is 0.625. The fourth-order valence-electron chi connectivity index (χ4n) is 2.61. The smallest absolute Gasteiger partial charge is 0.321 e. The van der Waals surface area contributed by atoms with Crippen molar-refractivity contribution in [3.63, 3.8) is 0 Å². The number of nitrogens with zero attached hydrogens (tertiary/aromatic N) is 2. The number of aliphatic carboxylic acids is 1. The third-order valence-electron chi connectivity index (χ3n) is 3.96. The summed E-state index contributed by atoms with van der Waals surface area (Å²) in [6.45, 7) is 6.57. The number of carbonyl (C=O) groups is 1. The van der Waals surface area contributed by atoms with Gasteiger partial charge in [-0.2, -0.15) is 0 Å². The van der Waals surface area contributed by atoms with Crippen LogP contribution < -0.4 is 0 Å². The number of rotatable bonds is 3. The van der Waals surface area contributed by atoms with Crippen molar-refractivity contribution in [1.82, 2.24) is 9.88 Å². The molecule has 1 aliphatic heterocycles. The summed E-state index contributed by atoms with van der Waals surface area (Å²) < 4.78 is 26.8. The SMILES string of the molecule is CC(C)(C)c1ccc(CN2CCC(F)(F)CC2C(=O)O)cn1. The molecule has 6 heteroatoms. The zero-order valence-electron chi connectivity index (χ0n) is 13.1. The van der Waals surface area contributed by atoms with Crippen LogP contribution in [0.1, 0.15) is 44.9 Å². The van der Waals surface area contributed by atoms with Crippen LogP contribution in [0, 0.1) is 0 Å². The van der Waals surface area contributed by atoms with Crippen LogP contribution in [0.2, 0.25) is 0 Å². The van der Waals surface area contributed by atoms with Gasteiger partial charge in [0.05, 0.1) is 0 Å². The van der Waals surface area contributed by atoms with Gasteiger partial charge < -0.3 is 5.11 Å². The van der Waals surface area contributed by atoms with E-state index in [0.29, 0.717) is 6.54 Å². The van der Waals surface area contributed by atoms with Crippen LogP contribution in [-0.4, -0.2) is 39.5 Å². The predicted molar refractivity (Wildman–Crippen MR) is 79.0 cm³/mol. The molecule has 1 atom stereocenters. The van der Waals surface area contributed by atoms with Gasteiger partial charge in [0.2, 0.25) is 0 Å². The average molecular weight is 312 g/mol. The summed E-state index contributed by atoms with van der Waals surface area (Å²) >= 11 is 0. The van der Waals surface area contributed by atoms with E-state index in [1.807, 2.05) is 12.1 Å². The van der Waals surface area contributed by atoms with E-state index >= 15 is 0 Å². The van der Waals surface area contributed by atoms with Crippen LogP contribution in [0.15, 0.2) is 18.3 Å². The Morgan fingerprint density at radius 1 is 1.45 bits per heavy atom. The molecule has 1 aromatic heterocycles. The molecular weight excluding hydrogens is 290 g/mol. The first-order chi connectivity index (χ1) is 10.1. The van der Waals surface area contributed by atoms with E-state index in [0.717, 1.165) is 11.3 Å². The Bertz CT molecular complexity index is 538. The molecule has 1 unspecified atom stereocenters. The van der Waals surface area contributed by atoms with Crippen molar-refractivity contribution in [3.8, 4) is 0 Å². The summed E-state index contributed by atoms with van der Waals surface area (Å²) in [4.78, 5) is 17.2. The zero-order chi connectivity index (χ0) is 16.5. The number of alkyl halides is 2. The molecule has 4 nitrogen and oxygen atoms in total. The molecule has 1 aromatic rings. The van der Waals surface area contributed by atoms with E-state index in [4.69, 9.17) is 0 Å². The molecule has 0 saturated carbocycles. The van der Waals surface area contributed by atoms with Crippen molar-refractivity contribution in [3.05, 3.63) is 29.6 Å². The van der Waals surface area contributed by atoms with Gasteiger partial charge in [-0.25, -0.2) is 8.78 Å². The number of aromatic nitrogens is 1.